The molecule has 0 saturated carbocycles. The summed E-state index contributed by atoms with van der Waals surface area (Å²) in [4.78, 5) is 32.6. The molecule has 1 amide bonds. The molecule has 3 saturated heterocycles. The Hall–Kier alpha value is -2.47. The Morgan fingerprint density at radius 2 is 2.00 bits per heavy atom. The molecule has 6 heteroatoms. The van der Waals surface area contributed by atoms with Gasteiger partial charge in [-0.1, -0.05) is 18.6 Å². The van der Waals surface area contributed by atoms with Crippen LogP contribution >= 0.6 is 0 Å². The van der Waals surface area contributed by atoms with Crippen molar-refractivity contribution in [3.8, 4) is 0 Å². The van der Waals surface area contributed by atoms with Crippen LogP contribution in [0.25, 0.3) is 0 Å². The number of amides is 1. The van der Waals surface area contributed by atoms with Gasteiger partial charge in [-0.25, -0.2) is 4.39 Å². The number of piperidine rings is 3. The molecule has 1 aromatic carbocycles. The van der Waals surface area contributed by atoms with Gasteiger partial charge in [0.25, 0.3) is 5.91 Å². The third-order valence-corrected chi connectivity index (χ3v) is 7.47. The summed E-state index contributed by atoms with van der Waals surface area (Å²) in [5, 5.41) is 0. The number of aromatic amines is 1. The van der Waals surface area contributed by atoms with E-state index in [0.717, 1.165) is 31.5 Å². The molecule has 4 heterocycles. The van der Waals surface area contributed by atoms with Gasteiger partial charge in [0.1, 0.15) is 5.82 Å². The molecular weight excluding hydrogens is 393 g/mol. The van der Waals surface area contributed by atoms with Crippen LogP contribution in [0.2, 0.25) is 0 Å². The van der Waals surface area contributed by atoms with Gasteiger partial charge in [-0.3, -0.25) is 14.5 Å². The number of hydrogen-bond donors (Lipinski definition) is 1. The van der Waals surface area contributed by atoms with Crippen molar-refractivity contribution in [2.45, 2.75) is 51.1 Å². The molecule has 3 aliphatic heterocycles. The first-order chi connectivity index (χ1) is 15.0. The van der Waals surface area contributed by atoms with Crippen LogP contribution in [0.1, 0.15) is 47.3 Å². The smallest absolute Gasteiger partial charge is 0.254 e. The van der Waals surface area contributed by atoms with E-state index in [2.05, 4.69) is 9.88 Å². The normalized spacial score (nSPS) is 28.3. The summed E-state index contributed by atoms with van der Waals surface area (Å²) in [6, 6.07) is 10.9. The Kier molecular flexibility index (Phi) is 5.42. The first-order valence-electron chi connectivity index (χ1n) is 11.5. The largest absolute Gasteiger partial charge is 0.338 e. The number of benzene rings is 1. The maximum atomic E-state index is 13.8. The maximum absolute atomic E-state index is 13.8. The molecule has 1 N–H and O–H groups in total. The Labute approximate surface area is 182 Å². The van der Waals surface area contributed by atoms with E-state index in [9.17, 15) is 14.0 Å². The van der Waals surface area contributed by atoms with E-state index in [1.54, 1.807) is 25.1 Å². The predicted octanol–water partition coefficient (Wildman–Crippen LogP) is 3.38. The van der Waals surface area contributed by atoms with E-state index in [-0.39, 0.29) is 17.3 Å². The maximum Gasteiger partial charge on any atom is 0.254 e. The topological polar surface area (TPSA) is 56.4 Å². The van der Waals surface area contributed by atoms with Gasteiger partial charge in [-0.15, -0.1) is 0 Å². The first-order valence-corrected chi connectivity index (χ1v) is 11.5. The average Bonchev–Trinajstić information content (AvgIpc) is 2.75. The molecule has 31 heavy (non-hydrogen) atoms. The summed E-state index contributed by atoms with van der Waals surface area (Å²) < 4.78 is 13.8. The van der Waals surface area contributed by atoms with Crippen LogP contribution in [0.3, 0.4) is 0 Å². The van der Waals surface area contributed by atoms with Gasteiger partial charge >= 0.3 is 0 Å². The average molecular weight is 424 g/mol. The first kappa shape index (κ1) is 20.4. The van der Waals surface area contributed by atoms with Crippen LogP contribution in [0, 0.1) is 24.6 Å². The summed E-state index contributed by atoms with van der Waals surface area (Å²) in [6.45, 7) is 4.36. The monoisotopic (exact) mass is 423 g/mol. The number of carbonyl (C=O) groups excluding carboxylic acids is 1. The number of halogens is 1. The van der Waals surface area contributed by atoms with Crippen molar-refractivity contribution in [2.75, 3.05) is 19.6 Å². The van der Waals surface area contributed by atoms with Crippen LogP contribution in [-0.4, -0.2) is 52.4 Å². The van der Waals surface area contributed by atoms with Crippen molar-refractivity contribution < 1.29 is 9.18 Å². The molecule has 0 aliphatic carbocycles. The molecule has 3 aliphatic rings. The number of fused-ring (bicyclic) bond motifs is 4. The lowest BCUT2D eigenvalue weighted by Crippen LogP contribution is -2.64. The Morgan fingerprint density at radius 3 is 2.81 bits per heavy atom. The molecule has 3 fully saturated rings. The molecule has 2 bridgehead atoms. The highest BCUT2D eigenvalue weighted by Gasteiger charge is 2.47. The fraction of sp³-hybridized carbons (Fsp3) is 0.520. The molecule has 0 spiro atoms. The van der Waals surface area contributed by atoms with Gasteiger partial charge < -0.3 is 9.88 Å². The van der Waals surface area contributed by atoms with Crippen molar-refractivity contribution in [1.29, 1.82) is 0 Å². The Morgan fingerprint density at radius 1 is 1.16 bits per heavy atom. The quantitative estimate of drug-likeness (QED) is 0.824. The fourth-order valence-electron chi connectivity index (χ4n) is 6.25. The second kappa shape index (κ2) is 8.23. The molecule has 0 unspecified atom stereocenters. The highest BCUT2D eigenvalue weighted by Crippen LogP contribution is 2.42. The molecule has 164 valence electrons. The zero-order valence-electron chi connectivity index (χ0n) is 18.0. The summed E-state index contributed by atoms with van der Waals surface area (Å²) in [6.07, 6.45) is 5.56. The second-order valence-corrected chi connectivity index (χ2v) is 9.58. The summed E-state index contributed by atoms with van der Waals surface area (Å²) in [7, 11) is 0. The lowest BCUT2D eigenvalue weighted by Gasteiger charge is -2.57. The van der Waals surface area contributed by atoms with E-state index < -0.39 is 0 Å². The van der Waals surface area contributed by atoms with Gasteiger partial charge in [0.2, 0.25) is 5.56 Å². The van der Waals surface area contributed by atoms with E-state index in [1.807, 2.05) is 11.0 Å². The van der Waals surface area contributed by atoms with Gasteiger partial charge in [-0.2, -0.15) is 0 Å². The molecule has 5 rings (SSSR count). The van der Waals surface area contributed by atoms with Crippen molar-refractivity contribution in [2.24, 2.45) is 11.8 Å². The minimum Gasteiger partial charge on any atom is -0.338 e. The number of nitrogens with zero attached hydrogens (tertiary/aromatic N) is 2. The van der Waals surface area contributed by atoms with Crippen molar-refractivity contribution in [3.05, 3.63) is 69.4 Å². The zero-order valence-corrected chi connectivity index (χ0v) is 18.0. The summed E-state index contributed by atoms with van der Waals surface area (Å²) >= 11 is 0. The predicted molar refractivity (Wildman–Crippen MR) is 118 cm³/mol. The van der Waals surface area contributed by atoms with E-state index in [4.69, 9.17) is 0 Å². The second-order valence-electron chi connectivity index (χ2n) is 9.58. The van der Waals surface area contributed by atoms with Crippen LogP contribution in [0.15, 0.2) is 41.2 Å². The number of carbonyl (C=O) groups is 1. The van der Waals surface area contributed by atoms with E-state index in [1.165, 1.54) is 31.4 Å². The number of aromatic nitrogens is 1. The van der Waals surface area contributed by atoms with Gasteiger partial charge in [-0.05, 0) is 74.8 Å². The SMILES string of the molecule is Cc1cc(C(=O)N2C[C@H]3C[C@@H](C2)[C@H](Cc2cccc(F)c2)N2CCCC[C@@H]32)cc(=O)[nH]1. The van der Waals surface area contributed by atoms with Crippen LogP contribution < -0.4 is 5.56 Å². The number of nitrogens with one attached hydrogen (secondary N) is 1. The van der Waals surface area contributed by atoms with Crippen LogP contribution in [0.4, 0.5) is 4.39 Å². The van der Waals surface area contributed by atoms with Gasteiger partial charge in [0.15, 0.2) is 0 Å². The summed E-state index contributed by atoms with van der Waals surface area (Å²) in [5.74, 6) is 0.599. The number of hydrogen-bond acceptors (Lipinski definition) is 3. The van der Waals surface area contributed by atoms with Crippen LogP contribution in [-0.2, 0) is 6.42 Å². The Balaban J connectivity index is 1.43. The van der Waals surface area contributed by atoms with E-state index >= 15 is 0 Å². The molecule has 0 radical (unpaired) electrons. The summed E-state index contributed by atoms with van der Waals surface area (Å²) in [5.41, 5.74) is 1.98. The molecule has 1 aromatic heterocycles. The zero-order chi connectivity index (χ0) is 21.5. The highest BCUT2D eigenvalue weighted by atomic mass is 19.1. The standard InChI is InChI=1S/C25H30FN3O2/c1-16-9-18(13-24(30)27-16)25(31)28-14-19-12-20(15-28)23(29-8-3-2-7-22(19)29)11-17-5-4-6-21(26)10-17/h4-6,9-10,13,19-20,22-23H,2-3,7-8,11-12,14-15H2,1H3,(H,27,30)/t19-,20+,22+,23+/m1/s1. The lowest BCUT2D eigenvalue weighted by atomic mass is 9.71. The Bertz CT molecular complexity index is 1040. The third kappa shape index (κ3) is 4.05. The minimum atomic E-state index is -0.233. The number of H-pyrrole nitrogens is 1. The number of rotatable bonds is 3. The molecule has 5 nitrogen and oxygen atoms in total. The van der Waals surface area contributed by atoms with E-state index in [0.29, 0.717) is 41.7 Å². The molecular formula is C25H30FN3O2. The minimum absolute atomic E-state index is 0.0438. The third-order valence-electron chi connectivity index (χ3n) is 7.47. The van der Waals surface area contributed by atoms with Gasteiger partial charge in [0.05, 0.1) is 0 Å². The highest BCUT2D eigenvalue weighted by molar-refractivity contribution is 5.94. The van der Waals surface area contributed by atoms with Crippen LogP contribution in [0.5, 0.6) is 0 Å². The van der Waals surface area contributed by atoms with Crippen molar-refractivity contribution >= 4 is 5.91 Å². The molecule has 4 atom stereocenters. The van der Waals surface area contributed by atoms with Crippen molar-refractivity contribution in [3.63, 3.8) is 0 Å². The number of pyridine rings is 1. The number of aryl methyl sites for hydroxylation is 1. The lowest BCUT2D eigenvalue weighted by molar-refractivity contribution is -0.0642. The molecule has 2 aromatic rings. The van der Waals surface area contributed by atoms with Crippen molar-refractivity contribution in [1.82, 2.24) is 14.8 Å². The van der Waals surface area contributed by atoms with Gasteiger partial charge in [0, 0.05) is 42.5 Å². The number of likely N-dealkylation sites (tertiary alicyclic amines) is 1. The fourth-order valence-corrected chi connectivity index (χ4v) is 6.25.